The van der Waals surface area contributed by atoms with Gasteiger partial charge in [-0.2, -0.15) is 0 Å². The minimum absolute atomic E-state index is 0.918. The van der Waals surface area contributed by atoms with Crippen LogP contribution in [0.2, 0.25) is 0 Å². The highest BCUT2D eigenvalue weighted by molar-refractivity contribution is 5.38. The Bertz CT molecular complexity index is 172. The summed E-state index contributed by atoms with van der Waals surface area (Å²) in [6.07, 6.45) is 5.44. The molecular formula is C7H11N2O. The molecule has 0 saturated carbocycles. The van der Waals surface area contributed by atoms with Crippen molar-refractivity contribution in [2.75, 3.05) is 18.5 Å². The van der Waals surface area contributed by atoms with Gasteiger partial charge in [-0.25, -0.2) is 0 Å². The van der Waals surface area contributed by atoms with Crippen molar-refractivity contribution in [2.45, 2.75) is 13.3 Å². The molecule has 0 N–H and O–H groups in total. The van der Waals surface area contributed by atoms with Crippen LogP contribution in [0.4, 0.5) is 5.69 Å². The van der Waals surface area contributed by atoms with E-state index in [1.54, 1.807) is 6.26 Å². The van der Waals surface area contributed by atoms with Crippen molar-refractivity contribution in [2.24, 2.45) is 0 Å². The summed E-state index contributed by atoms with van der Waals surface area (Å²) in [4.78, 5) is 2.05. The third-order valence-corrected chi connectivity index (χ3v) is 1.35. The van der Waals surface area contributed by atoms with Gasteiger partial charge < -0.3 is 9.42 Å². The van der Waals surface area contributed by atoms with E-state index < -0.39 is 0 Å². The van der Waals surface area contributed by atoms with E-state index >= 15 is 0 Å². The Morgan fingerprint density at radius 3 is 3.10 bits per heavy atom. The molecule has 0 saturated heterocycles. The van der Waals surface area contributed by atoms with Crippen LogP contribution in [-0.2, 0) is 0 Å². The third-order valence-electron chi connectivity index (χ3n) is 1.35. The number of hydrogen-bond acceptors (Lipinski definition) is 3. The molecule has 0 bridgehead atoms. The van der Waals surface area contributed by atoms with Crippen LogP contribution < -0.4 is 4.90 Å². The molecule has 1 aromatic heterocycles. The van der Waals surface area contributed by atoms with Crippen LogP contribution in [0.1, 0.15) is 13.3 Å². The molecule has 0 spiro atoms. The highest BCUT2D eigenvalue weighted by Crippen LogP contribution is 2.08. The molecule has 55 valence electrons. The van der Waals surface area contributed by atoms with Gasteiger partial charge in [0.25, 0.3) is 0 Å². The summed E-state index contributed by atoms with van der Waals surface area (Å²) < 4.78 is 4.63. The Labute approximate surface area is 60.6 Å². The first-order chi connectivity index (χ1) is 4.84. The lowest BCUT2D eigenvalue weighted by Crippen LogP contribution is -2.16. The molecule has 3 heteroatoms. The monoisotopic (exact) mass is 139 g/mol. The zero-order valence-corrected chi connectivity index (χ0v) is 6.29. The SMILES string of the molecule is CCCN(C)c1[c]noc1. The van der Waals surface area contributed by atoms with E-state index in [1.165, 1.54) is 0 Å². The van der Waals surface area contributed by atoms with Gasteiger partial charge in [-0.15, -0.1) is 0 Å². The number of aromatic nitrogens is 1. The van der Waals surface area contributed by atoms with Gasteiger partial charge in [-0.05, 0) is 6.42 Å². The summed E-state index contributed by atoms with van der Waals surface area (Å²) in [5.74, 6) is 0. The first-order valence-corrected chi connectivity index (χ1v) is 3.37. The van der Waals surface area contributed by atoms with E-state index in [9.17, 15) is 0 Å². The maximum atomic E-state index is 4.63. The summed E-state index contributed by atoms with van der Waals surface area (Å²) in [5.41, 5.74) is 0.918. The highest BCUT2D eigenvalue weighted by atomic mass is 16.5. The van der Waals surface area contributed by atoms with Crippen molar-refractivity contribution in [1.29, 1.82) is 0 Å². The second-order valence-electron chi connectivity index (χ2n) is 2.23. The molecule has 0 unspecified atom stereocenters. The van der Waals surface area contributed by atoms with Gasteiger partial charge >= 0.3 is 0 Å². The second kappa shape index (κ2) is 3.25. The molecule has 0 fully saturated rings. The quantitative estimate of drug-likeness (QED) is 0.632. The van der Waals surface area contributed by atoms with Crippen molar-refractivity contribution < 1.29 is 4.52 Å². The van der Waals surface area contributed by atoms with Gasteiger partial charge in [0.15, 0.2) is 6.20 Å². The van der Waals surface area contributed by atoms with E-state index in [4.69, 9.17) is 0 Å². The van der Waals surface area contributed by atoms with Crippen molar-refractivity contribution in [3.8, 4) is 0 Å². The average Bonchev–Trinajstić information content (AvgIpc) is 2.38. The van der Waals surface area contributed by atoms with E-state index in [1.807, 2.05) is 7.05 Å². The minimum Gasteiger partial charge on any atom is -0.370 e. The third kappa shape index (κ3) is 1.50. The molecule has 0 aliphatic heterocycles. The molecule has 0 aromatic carbocycles. The summed E-state index contributed by atoms with van der Waals surface area (Å²) in [7, 11) is 1.99. The molecular weight excluding hydrogens is 128 g/mol. The predicted molar refractivity (Wildman–Crippen MR) is 38.9 cm³/mol. The minimum atomic E-state index is 0.918. The lowest BCUT2D eigenvalue weighted by atomic mass is 10.4. The fourth-order valence-electron chi connectivity index (χ4n) is 0.807. The zero-order valence-electron chi connectivity index (χ0n) is 6.29. The fraction of sp³-hybridized carbons (Fsp3) is 0.571. The Morgan fingerprint density at radius 1 is 1.80 bits per heavy atom. The van der Waals surface area contributed by atoms with Gasteiger partial charge in [0.2, 0.25) is 0 Å². The van der Waals surface area contributed by atoms with Crippen LogP contribution in [0.25, 0.3) is 0 Å². The van der Waals surface area contributed by atoms with Gasteiger partial charge in [0.05, 0.1) is 0 Å². The first kappa shape index (κ1) is 7.12. The molecule has 1 aromatic rings. The molecule has 1 radical (unpaired) electrons. The smallest absolute Gasteiger partial charge is 0.161 e. The second-order valence-corrected chi connectivity index (χ2v) is 2.23. The van der Waals surface area contributed by atoms with Crippen molar-refractivity contribution >= 4 is 5.69 Å². The largest absolute Gasteiger partial charge is 0.370 e. The Balaban J connectivity index is 2.50. The molecule has 0 aliphatic carbocycles. The zero-order chi connectivity index (χ0) is 7.40. The lowest BCUT2D eigenvalue weighted by Gasteiger charge is -2.13. The maximum Gasteiger partial charge on any atom is 0.161 e. The van der Waals surface area contributed by atoms with Crippen LogP contribution in [0.3, 0.4) is 0 Å². The number of hydrogen-bond donors (Lipinski definition) is 0. The van der Waals surface area contributed by atoms with Crippen molar-refractivity contribution in [3.05, 3.63) is 12.5 Å². The summed E-state index contributed by atoms with van der Waals surface area (Å²) in [6, 6.07) is 0. The van der Waals surface area contributed by atoms with Gasteiger partial charge in [-0.1, -0.05) is 12.1 Å². The first-order valence-electron chi connectivity index (χ1n) is 3.37. The molecule has 1 heterocycles. The van der Waals surface area contributed by atoms with E-state index in [-0.39, 0.29) is 0 Å². The average molecular weight is 139 g/mol. The highest BCUT2D eigenvalue weighted by Gasteiger charge is 2.00. The van der Waals surface area contributed by atoms with Crippen molar-refractivity contribution in [1.82, 2.24) is 5.16 Å². The predicted octanol–water partition coefficient (Wildman–Crippen LogP) is 1.32. The lowest BCUT2D eigenvalue weighted by molar-refractivity contribution is 0.418. The molecule has 1 rings (SSSR count). The summed E-state index contributed by atoms with van der Waals surface area (Å²) >= 11 is 0. The number of anilines is 1. The number of rotatable bonds is 3. The Kier molecular flexibility index (Phi) is 2.31. The van der Waals surface area contributed by atoms with Gasteiger partial charge in [-0.3, -0.25) is 0 Å². The fourth-order valence-corrected chi connectivity index (χ4v) is 0.807. The normalized spacial score (nSPS) is 9.80. The molecule has 3 nitrogen and oxygen atoms in total. The van der Waals surface area contributed by atoms with Crippen LogP contribution in [0, 0.1) is 6.20 Å². The van der Waals surface area contributed by atoms with Crippen LogP contribution in [0.15, 0.2) is 10.8 Å². The topological polar surface area (TPSA) is 29.3 Å². The van der Waals surface area contributed by atoms with Crippen LogP contribution >= 0.6 is 0 Å². The van der Waals surface area contributed by atoms with Crippen molar-refractivity contribution in [3.63, 3.8) is 0 Å². The van der Waals surface area contributed by atoms with Gasteiger partial charge in [0.1, 0.15) is 12.0 Å². The number of nitrogens with zero attached hydrogens (tertiary/aromatic N) is 2. The van der Waals surface area contributed by atoms with Crippen LogP contribution in [0.5, 0.6) is 0 Å². The molecule has 0 aliphatic rings. The van der Waals surface area contributed by atoms with Crippen LogP contribution in [-0.4, -0.2) is 18.7 Å². The van der Waals surface area contributed by atoms with E-state index in [2.05, 4.69) is 27.7 Å². The molecule has 10 heavy (non-hydrogen) atoms. The maximum absolute atomic E-state index is 4.63. The Morgan fingerprint density at radius 2 is 2.60 bits per heavy atom. The standard InChI is InChI=1S/C7H11N2O/c1-3-4-9(2)7-5-8-10-6-7/h6H,3-4H2,1-2H3. The molecule has 0 amide bonds. The van der Waals surface area contributed by atoms with E-state index in [0.29, 0.717) is 0 Å². The Hall–Kier alpha value is -0.990. The molecule has 0 atom stereocenters. The summed E-state index contributed by atoms with van der Waals surface area (Å²) in [6.45, 7) is 3.14. The van der Waals surface area contributed by atoms with E-state index in [0.717, 1.165) is 18.7 Å². The summed E-state index contributed by atoms with van der Waals surface area (Å²) in [5, 5.41) is 3.48. The van der Waals surface area contributed by atoms with Gasteiger partial charge in [0, 0.05) is 13.6 Å².